The average Bonchev–Trinajstić information content (AvgIpc) is 2.98. The Bertz CT molecular complexity index is 638. The monoisotopic (exact) mass is 349 g/mol. The molecule has 1 aromatic rings. The first-order valence-corrected chi connectivity index (χ1v) is 9.55. The number of carbonyl (C=O) groups excluding carboxylic acids is 1. The van der Waals surface area contributed by atoms with E-state index in [1.807, 2.05) is 6.92 Å². The van der Waals surface area contributed by atoms with Crippen LogP contribution in [0, 0.1) is 10.1 Å². The second-order valence-corrected chi connectivity index (χ2v) is 7.64. The number of thioether (sulfide) groups is 1. The summed E-state index contributed by atoms with van der Waals surface area (Å²) in [5.41, 5.74) is 0.386. The Morgan fingerprint density at radius 3 is 2.96 bits per heavy atom. The van der Waals surface area contributed by atoms with Crippen LogP contribution in [0.15, 0.2) is 23.1 Å². The Morgan fingerprint density at radius 2 is 2.21 bits per heavy atom. The van der Waals surface area contributed by atoms with Crippen molar-refractivity contribution in [1.29, 1.82) is 0 Å². The number of nitro groups is 1. The number of piperidine rings is 1. The average molecular weight is 349 g/mol. The summed E-state index contributed by atoms with van der Waals surface area (Å²) in [6, 6.07) is 5.12. The number of amides is 1. The first-order chi connectivity index (χ1) is 11.6. The maximum atomic E-state index is 12.8. The van der Waals surface area contributed by atoms with Crippen LogP contribution in [-0.4, -0.2) is 46.7 Å². The number of carbonyl (C=O) groups is 1. The molecule has 0 saturated carbocycles. The fourth-order valence-electron chi connectivity index (χ4n) is 3.75. The fraction of sp³-hybridized carbons (Fsp3) is 0.588. The molecule has 1 N–H and O–H groups in total. The highest BCUT2D eigenvalue weighted by molar-refractivity contribution is 7.99. The highest BCUT2D eigenvalue weighted by atomic mass is 32.2. The van der Waals surface area contributed by atoms with Crippen molar-refractivity contribution in [1.82, 2.24) is 10.2 Å². The molecule has 1 aromatic carbocycles. The molecule has 7 heteroatoms. The minimum atomic E-state index is -0.449. The lowest BCUT2D eigenvalue weighted by molar-refractivity contribution is -0.384. The number of non-ortho nitro benzene ring substituents is 1. The van der Waals surface area contributed by atoms with E-state index >= 15 is 0 Å². The molecule has 0 bridgehead atoms. The van der Waals surface area contributed by atoms with Crippen LogP contribution in [0.1, 0.15) is 43.0 Å². The zero-order valence-electron chi connectivity index (χ0n) is 13.9. The van der Waals surface area contributed by atoms with Gasteiger partial charge >= 0.3 is 0 Å². The van der Waals surface area contributed by atoms with Crippen LogP contribution < -0.4 is 5.32 Å². The van der Waals surface area contributed by atoms with Gasteiger partial charge in [0.05, 0.1) is 10.5 Å². The van der Waals surface area contributed by atoms with Crippen LogP contribution in [0.5, 0.6) is 0 Å². The van der Waals surface area contributed by atoms with Crippen molar-refractivity contribution in [3.63, 3.8) is 0 Å². The summed E-state index contributed by atoms with van der Waals surface area (Å²) < 4.78 is 0. The van der Waals surface area contributed by atoms with Gasteiger partial charge in [0.1, 0.15) is 0 Å². The van der Waals surface area contributed by atoms with Gasteiger partial charge in [-0.3, -0.25) is 19.8 Å². The van der Waals surface area contributed by atoms with Crippen molar-refractivity contribution in [3.8, 4) is 0 Å². The third kappa shape index (κ3) is 3.57. The van der Waals surface area contributed by atoms with E-state index in [2.05, 4.69) is 10.2 Å². The standard InChI is InChI=1S/C17H23N3O3S/c1-2-24-16-7-6-12(20(22)23)11-13(16)17(21)18-14-8-10-19-9-4-3-5-15(14)19/h6-7,11,14-15H,2-5,8-10H2,1H3,(H,18,21). The Labute approximate surface area is 146 Å². The van der Waals surface area contributed by atoms with Gasteiger partial charge in [-0.15, -0.1) is 11.8 Å². The molecule has 0 radical (unpaired) electrons. The molecular weight excluding hydrogens is 326 g/mol. The molecule has 0 aliphatic carbocycles. The minimum absolute atomic E-state index is 0.0358. The molecule has 2 heterocycles. The van der Waals surface area contributed by atoms with Crippen LogP contribution >= 0.6 is 11.8 Å². The molecule has 3 rings (SSSR count). The van der Waals surface area contributed by atoms with Crippen LogP contribution in [0.4, 0.5) is 5.69 Å². The smallest absolute Gasteiger partial charge is 0.270 e. The number of nitrogens with zero attached hydrogens (tertiary/aromatic N) is 2. The second kappa shape index (κ2) is 7.53. The number of fused-ring (bicyclic) bond motifs is 1. The summed E-state index contributed by atoms with van der Waals surface area (Å²) >= 11 is 1.54. The van der Waals surface area contributed by atoms with Crippen molar-refractivity contribution in [2.75, 3.05) is 18.8 Å². The number of hydrogen-bond acceptors (Lipinski definition) is 5. The number of rotatable bonds is 5. The van der Waals surface area contributed by atoms with Crippen molar-refractivity contribution in [3.05, 3.63) is 33.9 Å². The maximum Gasteiger partial charge on any atom is 0.270 e. The third-order valence-corrected chi connectivity index (χ3v) is 5.85. The molecule has 0 spiro atoms. The van der Waals surface area contributed by atoms with Gasteiger partial charge in [-0.05, 0) is 37.6 Å². The molecule has 6 nitrogen and oxygen atoms in total. The highest BCUT2D eigenvalue weighted by Crippen LogP contribution is 2.29. The van der Waals surface area contributed by atoms with Crippen LogP contribution in [0.25, 0.3) is 0 Å². The lowest BCUT2D eigenvalue weighted by atomic mass is 9.99. The molecular formula is C17H23N3O3S. The van der Waals surface area contributed by atoms with Gasteiger partial charge in [-0.2, -0.15) is 0 Å². The van der Waals surface area contributed by atoms with Crippen LogP contribution in [0.2, 0.25) is 0 Å². The summed E-state index contributed by atoms with van der Waals surface area (Å²) in [5.74, 6) is 0.629. The van der Waals surface area contributed by atoms with E-state index in [0.717, 1.165) is 36.6 Å². The van der Waals surface area contributed by atoms with Crippen molar-refractivity contribution in [2.45, 2.75) is 49.6 Å². The van der Waals surface area contributed by atoms with Gasteiger partial charge in [0, 0.05) is 35.7 Å². The van der Waals surface area contributed by atoms with E-state index in [0.29, 0.717) is 11.6 Å². The van der Waals surface area contributed by atoms with Crippen molar-refractivity contribution >= 4 is 23.4 Å². The molecule has 2 unspecified atom stereocenters. The van der Waals surface area contributed by atoms with Crippen molar-refractivity contribution < 1.29 is 9.72 Å². The number of hydrogen-bond donors (Lipinski definition) is 1. The summed E-state index contributed by atoms with van der Waals surface area (Å²) in [6.45, 7) is 4.15. The maximum absolute atomic E-state index is 12.8. The first-order valence-electron chi connectivity index (χ1n) is 8.56. The van der Waals surface area contributed by atoms with Crippen LogP contribution in [-0.2, 0) is 0 Å². The summed E-state index contributed by atoms with van der Waals surface area (Å²) in [5, 5.41) is 14.2. The van der Waals surface area contributed by atoms with Gasteiger partial charge in [-0.25, -0.2) is 0 Å². The zero-order valence-corrected chi connectivity index (χ0v) is 14.7. The van der Waals surface area contributed by atoms with E-state index < -0.39 is 4.92 Å². The summed E-state index contributed by atoms with van der Waals surface area (Å²) in [4.78, 5) is 26.6. The zero-order chi connectivity index (χ0) is 17.1. The number of nitro benzene ring substituents is 1. The largest absolute Gasteiger partial charge is 0.348 e. The molecule has 2 saturated heterocycles. The molecule has 2 aliphatic rings. The third-order valence-electron chi connectivity index (χ3n) is 4.89. The quantitative estimate of drug-likeness (QED) is 0.502. The first kappa shape index (κ1) is 17.2. The molecule has 0 aromatic heterocycles. The molecule has 130 valence electrons. The Morgan fingerprint density at radius 1 is 1.38 bits per heavy atom. The Balaban J connectivity index is 1.78. The minimum Gasteiger partial charge on any atom is -0.348 e. The normalized spacial score (nSPS) is 23.7. The van der Waals surface area contributed by atoms with Crippen LogP contribution in [0.3, 0.4) is 0 Å². The highest BCUT2D eigenvalue weighted by Gasteiger charge is 2.36. The van der Waals surface area contributed by atoms with Gasteiger partial charge in [0.25, 0.3) is 11.6 Å². The molecule has 1 amide bonds. The summed E-state index contributed by atoms with van der Waals surface area (Å²) in [7, 11) is 0. The SMILES string of the molecule is CCSc1ccc([N+](=O)[O-])cc1C(=O)NC1CCN2CCCCC12. The number of nitrogens with one attached hydrogen (secondary N) is 1. The van der Waals surface area contributed by atoms with Gasteiger partial charge in [0.15, 0.2) is 0 Å². The Hall–Kier alpha value is -1.60. The van der Waals surface area contributed by atoms with E-state index in [1.54, 1.807) is 6.07 Å². The molecule has 2 fully saturated rings. The number of benzene rings is 1. The molecule has 24 heavy (non-hydrogen) atoms. The van der Waals surface area contributed by atoms with E-state index in [1.165, 1.54) is 36.7 Å². The fourth-order valence-corrected chi connectivity index (χ4v) is 4.53. The van der Waals surface area contributed by atoms with Gasteiger partial charge < -0.3 is 5.32 Å². The predicted molar refractivity (Wildman–Crippen MR) is 94.6 cm³/mol. The van der Waals surface area contributed by atoms with E-state index in [9.17, 15) is 14.9 Å². The second-order valence-electron chi connectivity index (χ2n) is 6.34. The lowest BCUT2D eigenvalue weighted by Gasteiger charge is -2.32. The molecule has 2 atom stereocenters. The van der Waals surface area contributed by atoms with E-state index in [-0.39, 0.29) is 17.6 Å². The lowest BCUT2D eigenvalue weighted by Crippen LogP contribution is -2.46. The van der Waals surface area contributed by atoms with Gasteiger partial charge in [-0.1, -0.05) is 13.3 Å². The molecule has 2 aliphatic heterocycles. The van der Waals surface area contributed by atoms with Crippen molar-refractivity contribution in [2.24, 2.45) is 0 Å². The van der Waals surface area contributed by atoms with Gasteiger partial charge in [0.2, 0.25) is 0 Å². The summed E-state index contributed by atoms with van der Waals surface area (Å²) in [6.07, 6.45) is 4.53. The topological polar surface area (TPSA) is 75.5 Å². The predicted octanol–water partition coefficient (Wildman–Crippen LogP) is 3.06. The van der Waals surface area contributed by atoms with E-state index in [4.69, 9.17) is 0 Å². The Kier molecular flexibility index (Phi) is 5.40.